The lowest BCUT2D eigenvalue weighted by Crippen LogP contribution is -2.28. The van der Waals surface area contributed by atoms with Crippen molar-refractivity contribution in [3.8, 4) is 0 Å². The van der Waals surface area contributed by atoms with Crippen LogP contribution in [0.5, 0.6) is 0 Å². The minimum Gasteiger partial charge on any atom is -0.463 e. The zero-order chi connectivity index (χ0) is 17.1. The van der Waals surface area contributed by atoms with E-state index in [0.29, 0.717) is 22.0 Å². The van der Waals surface area contributed by atoms with Crippen molar-refractivity contribution in [2.75, 3.05) is 6.61 Å². The molecule has 1 aliphatic rings. The summed E-state index contributed by atoms with van der Waals surface area (Å²) >= 11 is 7.15. The lowest BCUT2D eigenvalue weighted by Gasteiger charge is -2.22. The molecular formula is C16H13ClFN3O2S. The van der Waals surface area contributed by atoms with Gasteiger partial charge in [0.1, 0.15) is 11.9 Å². The van der Waals surface area contributed by atoms with Crippen molar-refractivity contribution in [1.29, 1.82) is 0 Å². The Morgan fingerprint density at radius 2 is 2.33 bits per heavy atom. The molecule has 1 aromatic carbocycles. The van der Waals surface area contributed by atoms with E-state index in [1.807, 2.05) is 5.38 Å². The maximum absolute atomic E-state index is 13.8. The molecule has 0 aliphatic carbocycles. The first-order valence-electron chi connectivity index (χ1n) is 7.16. The average Bonchev–Trinajstić information content (AvgIpc) is 3.11. The Morgan fingerprint density at radius 1 is 1.50 bits per heavy atom. The van der Waals surface area contributed by atoms with Gasteiger partial charge >= 0.3 is 5.97 Å². The Labute approximate surface area is 146 Å². The van der Waals surface area contributed by atoms with Gasteiger partial charge < -0.3 is 10.1 Å². The second-order valence-electron chi connectivity index (χ2n) is 4.86. The van der Waals surface area contributed by atoms with E-state index in [4.69, 9.17) is 16.3 Å². The van der Waals surface area contributed by atoms with E-state index in [0.717, 1.165) is 0 Å². The Kier molecular flexibility index (Phi) is 4.92. The van der Waals surface area contributed by atoms with E-state index in [9.17, 15) is 9.18 Å². The third kappa shape index (κ3) is 3.32. The molecule has 1 aliphatic heterocycles. The summed E-state index contributed by atoms with van der Waals surface area (Å²) in [7, 11) is 0. The van der Waals surface area contributed by atoms with Crippen molar-refractivity contribution in [2.45, 2.75) is 13.0 Å². The van der Waals surface area contributed by atoms with E-state index < -0.39 is 17.8 Å². The lowest BCUT2D eigenvalue weighted by molar-refractivity contribution is -0.138. The number of hydrogen-bond acceptors (Lipinski definition) is 6. The molecule has 0 saturated heterocycles. The SMILES string of the molecule is CCOC(=O)C1=CNC(c2nccs2)=N[C@H]1c1ccc(Cl)c(F)c1. The quantitative estimate of drug-likeness (QED) is 0.842. The molecule has 2 aromatic rings. The van der Waals surface area contributed by atoms with Crippen LogP contribution in [-0.2, 0) is 9.53 Å². The lowest BCUT2D eigenvalue weighted by atomic mass is 9.98. The third-order valence-electron chi connectivity index (χ3n) is 3.32. The van der Waals surface area contributed by atoms with Crippen LogP contribution in [-0.4, -0.2) is 23.4 Å². The first-order chi connectivity index (χ1) is 11.6. The van der Waals surface area contributed by atoms with Crippen LogP contribution in [0.25, 0.3) is 0 Å². The molecule has 0 amide bonds. The van der Waals surface area contributed by atoms with Crippen molar-refractivity contribution in [3.63, 3.8) is 0 Å². The zero-order valence-corrected chi connectivity index (χ0v) is 14.2. The van der Waals surface area contributed by atoms with E-state index >= 15 is 0 Å². The molecule has 0 spiro atoms. The third-order valence-corrected chi connectivity index (χ3v) is 4.41. The minimum absolute atomic E-state index is 0.0125. The van der Waals surface area contributed by atoms with Crippen LogP contribution < -0.4 is 5.32 Å². The van der Waals surface area contributed by atoms with Gasteiger partial charge in [0.25, 0.3) is 0 Å². The molecule has 0 fully saturated rings. The predicted octanol–water partition coefficient (Wildman–Crippen LogP) is 3.47. The van der Waals surface area contributed by atoms with Gasteiger partial charge in [-0.25, -0.2) is 14.2 Å². The second-order valence-corrected chi connectivity index (χ2v) is 6.16. The van der Waals surface area contributed by atoms with Crippen molar-refractivity contribution in [1.82, 2.24) is 10.3 Å². The molecule has 0 saturated carbocycles. The van der Waals surface area contributed by atoms with Gasteiger partial charge in [-0.2, -0.15) is 0 Å². The number of aromatic nitrogens is 1. The van der Waals surface area contributed by atoms with Gasteiger partial charge in [0, 0.05) is 17.8 Å². The molecular weight excluding hydrogens is 353 g/mol. The highest BCUT2D eigenvalue weighted by atomic mass is 35.5. The highest BCUT2D eigenvalue weighted by molar-refractivity contribution is 7.11. The number of thiazole rings is 1. The number of nitrogens with zero attached hydrogens (tertiary/aromatic N) is 2. The van der Waals surface area contributed by atoms with Crippen LogP contribution in [0.15, 0.2) is 46.5 Å². The summed E-state index contributed by atoms with van der Waals surface area (Å²) in [5, 5.41) is 5.46. The molecule has 0 radical (unpaired) electrons. The Balaban J connectivity index is 2.02. The monoisotopic (exact) mass is 365 g/mol. The number of benzene rings is 1. The molecule has 3 rings (SSSR count). The van der Waals surface area contributed by atoms with Crippen molar-refractivity contribution < 1.29 is 13.9 Å². The van der Waals surface area contributed by atoms with Gasteiger partial charge in [0.15, 0.2) is 10.8 Å². The molecule has 24 heavy (non-hydrogen) atoms. The molecule has 1 N–H and O–H groups in total. The molecule has 8 heteroatoms. The predicted molar refractivity (Wildman–Crippen MR) is 90.7 cm³/mol. The number of rotatable bonds is 4. The summed E-state index contributed by atoms with van der Waals surface area (Å²) in [6.45, 7) is 1.96. The fourth-order valence-electron chi connectivity index (χ4n) is 2.24. The van der Waals surface area contributed by atoms with Gasteiger partial charge in [-0.05, 0) is 24.6 Å². The topological polar surface area (TPSA) is 63.6 Å². The molecule has 124 valence electrons. The van der Waals surface area contributed by atoms with Crippen molar-refractivity contribution in [3.05, 3.63) is 63.0 Å². The number of nitrogens with one attached hydrogen (secondary N) is 1. The molecule has 1 aromatic heterocycles. The number of esters is 1. The number of halogens is 2. The zero-order valence-electron chi connectivity index (χ0n) is 12.6. The largest absolute Gasteiger partial charge is 0.463 e. The van der Waals surface area contributed by atoms with Crippen LogP contribution in [0.1, 0.15) is 23.5 Å². The molecule has 0 unspecified atom stereocenters. The fraction of sp³-hybridized carbons (Fsp3) is 0.188. The smallest absolute Gasteiger partial charge is 0.338 e. The van der Waals surface area contributed by atoms with Gasteiger partial charge in [-0.1, -0.05) is 17.7 Å². The summed E-state index contributed by atoms with van der Waals surface area (Å²) in [4.78, 5) is 20.9. The summed E-state index contributed by atoms with van der Waals surface area (Å²) in [5.74, 6) is -0.562. The second kappa shape index (κ2) is 7.11. The van der Waals surface area contributed by atoms with Gasteiger partial charge in [0.05, 0.1) is 17.2 Å². The van der Waals surface area contributed by atoms with Crippen LogP contribution >= 0.6 is 22.9 Å². The van der Waals surface area contributed by atoms with Crippen molar-refractivity contribution in [2.24, 2.45) is 4.99 Å². The molecule has 2 heterocycles. The molecule has 5 nitrogen and oxygen atoms in total. The van der Waals surface area contributed by atoms with Crippen LogP contribution in [0.3, 0.4) is 0 Å². The number of carbonyl (C=O) groups is 1. The molecule has 1 atom stereocenters. The number of ether oxygens (including phenoxy) is 1. The maximum atomic E-state index is 13.8. The normalized spacial score (nSPS) is 16.9. The number of carbonyl (C=O) groups excluding carboxylic acids is 1. The summed E-state index contributed by atoms with van der Waals surface area (Å²) in [5.41, 5.74) is 0.797. The first kappa shape index (κ1) is 16.6. The Hall–Kier alpha value is -2.25. The van der Waals surface area contributed by atoms with Gasteiger partial charge in [0.2, 0.25) is 0 Å². The minimum atomic E-state index is -0.698. The maximum Gasteiger partial charge on any atom is 0.338 e. The fourth-order valence-corrected chi connectivity index (χ4v) is 2.95. The number of amidine groups is 1. The van der Waals surface area contributed by atoms with Crippen LogP contribution in [0.2, 0.25) is 5.02 Å². The van der Waals surface area contributed by atoms with Crippen molar-refractivity contribution >= 4 is 34.7 Å². The van der Waals surface area contributed by atoms with E-state index in [2.05, 4.69) is 15.3 Å². The Morgan fingerprint density at radius 3 is 3.00 bits per heavy atom. The van der Waals surface area contributed by atoms with Crippen LogP contribution in [0, 0.1) is 5.82 Å². The number of aliphatic imine (C=N–C) groups is 1. The summed E-state index contributed by atoms with van der Waals surface area (Å²) < 4.78 is 18.9. The standard InChI is InChI=1S/C16H13ClFN3O2S/c1-2-23-16(22)10-8-20-14(15-19-5-6-24-15)21-13(10)9-3-4-11(17)12(18)7-9/h3-8,13H,2H2,1H3,(H,20,21)/t13-/m0/s1. The van der Waals surface area contributed by atoms with E-state index in [1.54, 1.807) is 19.2 Å². The highest BCUT2D eigenvalue weighted by Crippen LogP contribution is 2.31. The Bertz CT molecular complexity index is 821. The summed E-state index contributed by atoms with van der Waals surface area (Å²) in [6.07, 6.45) is 3.19. The number of hydrogen-bond donors (Lipinski definition) is 1. The van der Waals surface area contributed by atoms with Crippen LogP contribution in [0.4, 0.5) is 4.39 Å². The average molecular weight is 366 g/mol. The highest BCUT2D eigenvalue weighted by Gasteiger charge is 2.28. The van der Waals surface area contributed by atoms with E-state index in [1.165, 1.54) is 29.7 Å². The van der Waals surface area contributed by atoms with Gasteiger partial charge in [-0.3, -0.25) is 4.99 Å². The first-order valence-corrected chi connectivity index (χ1v) is 8.42. The van der Waals surface area contributed by atoms with Gasteiger partial charge in [-0.15, -0.1) is 11.3 Å². The molecule has 0 bridgehead atoms. The van der Waals surface area contributed by atoms with E-state index in [-0.39, 0.29) is 11.6 Å². The summed E-state index contributed by atoms with van der Waals surface area (Å²) in [6, 6.07) is 3.65.